The van der Waals surface area contributed by atoms with Crippen molar-refractivity contribution in [1.82, 2.24) is 0 Å². The molecule has 98 valence electrons. The van der Waals surface area contributed by atoms with Gasteiger partial charge in [-0.1, -0.05) is 30.3 Å². The lowest BCUT2D eigenvalue weighted by Gasteiger charge is -2.17. The van der Waals surface area contributed by atoms with Crippen LogP contribution in [0, 0.1) is 6.92 Å². The highest BCUT2D eigenvalue weighted by Gasteiger charge is 2.13. The maximum absolute atomic E-state index is 3.59. The van der Waals surface area contributed by atoms with E-state index in [0.717, 1.165) is 0 Å². The second kappa shape index (κ2) is 5.08. The van der Waals surface area contributed by atoms with Crippen molar-refractivity contribution in [3.8, 4) is 0 Å². The topological polar surface area (TPSA) is 12.0 Å². The lowest BCUT2D eigenvalue weighted by Crippen LogP contribution is -2.07. The lowest BCUT2D eigenvalue weighted by molar-refractivity contribution is 0.879. The molecule has 0 spiro atoms. The van der Waals surface area contributed by atoms with Gasteiger partial charge in [0.1, 0.15) is 0 Å². The highest BCUT2D eigenvalue weighted by Crippen LogP contribution is 2.27. The van der Waals surface area contributed by atoms with Crippen molar-refractivity contribution in [2.45, 2.75) is 39.2 Å². The molecule has 2 aromatic rings. The van der Waals surface area contributed by atoms with Gasteiger partial charge in [-0.15, -0.1) is 0 Å². The minimum absolute atomic E-state index is 0.354. The Hall–Kier alpha value is -1.76. The smallest absolute Gasteiger partial charge is 0.0485 e. The van der Waals surface area contributed by atoms with Crippen LogP contribution in [0.15, 0.2) is 42.5 Å². The summed E-state index contributed by atoms with van der Waals surface area (Å²) in [6, 6.07) is 15.9. The SMILES string of the molecule is Cc1cccc(NC(C)c2ccc3c(c2)CCC3)c1. The molecular formula is C18H21N. The molecule has 0 bridgehead atoms. The average molecular weight is 251 g/mol. The van der Waals surface area contributed by atoms with E-state index in [0.29, 0.717) is 6.04 Å². The second-order valence-corrected chi connectivity index (χ2v) is 5.62. The summed E-state index contributed by atoms with van der Waals surface area (Å²) in [4.78, 5) is 0. The van der Waals surface area contributed by atoms with Gasteiger partial charge < -0.3 is 5.32 Å². The molecule has 0 saturated heterocycles. The van der Waals surface area contributed by atoms with Gasteiger partial charge in [0.2, 0.25) is 0 Å². The summed E-state index contributed by atoms with van der Waals surface area (Å²) in [6.45, 7) is 4.37. The number of hydrogen-bond acceptors (Lipinski definition) is 1. The van der Waals surface area contributed by atoms with Gasteiger partial charge in [-0.3, -0.25) is 0 Å². The number of aryl methyl sites for hydroxylation is 3. The summed E-state index contributed by atoms with van der Waals surface area (Å²) < 4.78 is 0. The zero-order valence-corrected chi connectivity index (χ0v) is 11.7. The molecule has 0 aliphatic heterocycles. The molecular weight excluding hydrogens is 230 g/mol. The van der Waals surface area contributed by atoms with Crippen LogP contribution >= 0.6 is 0 Å². The Balaban J connectivity index is 1.78. The molecule has 1 nitrogen and oxygen atoms in total. The third-order valence-corrected chi connectivity index (χ3v) is 4.02. The van der Waals surface area contributed by atoms with Crippen LogP contribution in [0.5, 0.6) is 0 Å². The summed E-state index contributed by atoms with van der Waals surface area (Å²) >= 11 is 0. The minimum Gasteiger partial charge on any atom is -0.379 e. The fourth-order valence-corrected chi connectivity index (χ4v) is 2.93. The molecule has 1 aliphatic rings. The Morgan fingerprint density at radius 1 is 1.00 bits per heavy atom. The van der Waals surface area contributed by atoms with E-state index >= 15 is 0 Å². The molecule has 19 heavy (non-hydrogen) atoms. The summed E-state index contributed by atoms with van der Waals surface area (Å²) in [5.41, 5.74) is 6.99. The van der Waals surface area contributed by atoms with Crippen LogP contribution in [-0.4, -0.2) is 0 Å². The fourth-order valence-electron chi connectivity index (χ4n) is 2.93. The zero-order valence-electron chi connectivity index (χ0n) is 11.7. The van der Waals surface area contributed by atoms with Crippen molar-refractivity contribution in [3.63, 3.8) is 0 Å². The quantitative estimate of drug-likeness (QED) is 0.836. The lowest BCUT2D eigenvalue weighted by atomic mass is 10.0. The third-order valence-electron chi connectivity index (χ3n) is 4.02. The first kappa shape index (κ1) is 12.3. The molecule has 3 rings (SSSR count). The van der Waals surface area contributed by atoms with Gasteiger partial charge in [0.05, 0.1) is 0 Å². The maximum atomic E-state index is 3.59. The average Bonchev–Trinajstić information content (AvgIpc) is 2.85. The van der Waals surface area contributed by atoms with Crippen molar-refractivity contribution < 1.29 is 0 Å². The van der Waals surface area contributed by atoms with E-state index in [1.807, 2.05) is 0 Å². The molecule has 1 unspecified atom stereocenters. The first-order valence-corrected chi connectivity index (χ1v) is 7.17. The van der Waals surface area contributed by atoms with Gasteiger partial charge in [-0.2, -0.15) is 0 Å². The Bertz CT molecular complexity index is 586. The van der Waals surface area contributed by atoms with Crippen LogP contribution in [0.4, 0.5) is 5.69 Å². The van der Waals surface area contributed by atoms with Gasteiger partial charge in [-0.05, 0) is 67.5 Å². The standard InChI is InChI=1S/C18H21N/c1-13-5-3-8-18(11-13)19-14(2)16-10-9-15-6-4-7-17(15)12-16/h3,5,8-12,14,19H,4,6-7H2,1-2H3. The predicted molar refractivity (Wildman–Crippen MR) is 81.7 cm³/mol. The summed E-state index contributed by atoms with van der Waals surface area (Å²) in [5, 5.41) is 3.59. The van der Waals surface area contributed by atoms with Crippen LogP contribution in [0.25, 0.3) is 0 Å². The number of fused-ring (bicyclic) bond motifs is 1. The van der Waals surface area contributed by atoms with E-state index in [4.69, 9.17) is 0 Å². The van der Waals surface area contributed by atoms with E-state index < -0.39 is 0 Å². The highest BCUT2D eigenvalue weighted by atomic mass is 14.9. The summed E-state index contributed by atoms with van der Waals surface area (Å²) in [5.74, 6) is 0. The van der Waals surface area contributed by atoms with Crippen LogP contribution in [-0.2, 0) is 12.8 Å². The number of nitrogens with one attached hydrogen (secondary N) is 1. The molecule has 0 saturated carbocycles. The first-order valence-electron chi connectivity index (χ1n) is 7.17. The predicted octanol–water partition coefficient (Wildman–Crippen LogP) is 4.66. The van der Waals surface area contributed by atoms with Crippen LogP contribution in [0.3, 0.4) is 0 Å². The molecule has 0 amide bonds. The Labute approximate surface area is 115 Å². The molecule has 1 N–H and O–H groups in total. The fraction of sp³-hybridized carbons (Fsp3) is 0.333. The van der Waals surface area contributed by atoms with E-state index in [9.17, 15) is 0 Å². The first-order chi connectivity index (χ1) is 9.22. The largest absolute Gasteiger partial charge is 0.379 e. The van der Waals surface area contributed by atoms with E-state index in [1.54, 1.807) is 11.1 Å². The minimum atomic E-state index is 0.354. The van der Waals surface area contributed by atoms with Gasteiger partial charge in [0.15, 0.2) is 0 Å². The third kappa shape index (κ3) is 2.65. The van der Waals surface area contributed by atoms with Gasteiger partial charge in [-0.25, -0.2) is 0 Å². The van der Waals surface area contributed by atoms with E-state index in [-0.39, 0.29) is 0 Å². The number of benzene rings is 2. The number of hydrogen-bond donors (Lipinski definition) is 1. The molecule has 0 radical (unpaired) electrons. The van der Waals surface area contributed by atoms with Gasteiger partial charge in [0.25, 0.3) is 0 Å². The molecule has 0 aromatic heterocycles. The van der Waals surface area contributed by atoms with Gasteiger partial charge in [0, 0.05) is 11.7 Å². The van der Waals surface area contributed by atoms with Gasteiger partial charge >= 0.3 is 0 Å². The molecule has 1 aliphatic carbocycles. The monoisotopic (exact) mass is 251 g/mol. The summed E-state index contributed by atoms with van der Waals surface area (Å²) in [6.07, 6.45) is 3.83. The number of rotatable bonds is 3. The Morgan fingerprint density at radius 2 is 1.84 bits per heavy atom. The van der Waals surface area contributed by atoms with E-state index in [2.05, 4.69) is 61.6 Å². The highest BCUT2D eigenvalue weighted by molar-refractivity contribution is 5.48. The maximum Gasteiger partial charge on any atom is 0.0485 e. The normalized spacial score (nSPS) is 15.1. The van der Waals surface area contributed by atoms with Crippen LogP contribution < -0.4 is 5.32 Å². The molecule has 0 heterocycles. The number of anilines is 1. The Kier molecular flexibility index (Phi) is 3.29. The zero-order chi connectivity index (χ0) is 13.2. The van der Waals surface area contributed by atoms with Crippen molar-refractivity contribution in [2.75, 3.05) is 5.32 Å². The summed E-state index contributed by atoms with van der Waals surface area (Å²) in [7, 11) is 0. The van der Waals surface area contributed by atoms with Crippen LogP contribution in [0.2, 0.25) is 0 Å². The van der Waals surface area contributed by atoms with Crippen molar-refractivity contribution in [2.24, 2.45) is 0 Å². The van der Waals surface area contributed by atoms with Crippen molar-refractivity contribution in [3.05, 3.63) is 64.7 Å². The molecule has 0 fully saturated rings. The Morgan fingerprint density at radius 3 is 2.68 bits per heavy atom. The molecule has 2 aromatic carbocycles. The molecule has 1 atom stereocenters. The van der Waals surface area contributed by atoms with E-state index in [1.165, 1.54) is 36.1 Å². The molecule has 1 heteroatoms. The van der Waals surface area contributed by atoms with Crippen molar-refractivity contribution in [1.29, 1.82) is 0 Å². The second-order valence-electron chi connectivity index (χ2n) is 5.62. The van der Waals surface area contributed by atoms with Crippen LogP contribution in [0.1, 0.15) is 41.6 Å². The van der Waals surface area contributed by atoms with Crippen molar-refractivity contribution >= 4 is 5.69 Å².